The highest BCUT2D eigenvalue weighted by atomic mass is 16.2. The van der Waals surface area contributed by atoms with Gasteiger partial charge in [-0.25, -0.2) is 9.97 Å². The first-order valence-electron chi connectivity index (χ1n) is 6.44. The van der Waals surface area contributed by atoms with Crippen LogP contribution >= 0.6 is 0 Å². The molecular weight excluding hydrogens is 228 g/mol. The summed E-state index contributed by atoms with van der Waals surface area (Å²) >= 11 is 0. The molecule has 0 bridgehead atoms. The molecule has 1 fully saturated rings. The molecule has 0 saturated heterocycles. The fourth-order valence-electron chi connectivity index (χ4n) is 2.68. The summed E-state index contributed by atoms with van der Waals surface area (Å²) in [6.07, 6.45) is 5.81. The third-order valence-electron chi connectivity index (χ3n) is 4.09. The van der Waals surface area contributed by atoms with Gasteiger partial charge in [0.25, 0.3) is 0 Å². The Balaban J connectivity index is 2.28. The monoisotopic (exact) mass is 246 g/mol. The van der Waals surface area contributed by atoms with E-state index in [0.29, 0.717) is 18.7 Å². The smallest absolute Gasteiger partial charge is 0.151 e. The van der Waals surface area contributed by atoms with Gasteiger partial charge < -0.3 is 0 Å². The number of hydrogen-bond acceptors (Lipinski definition) is 4. The average molecular weight is 246 g/mol. The average Bonchev–Trinajstić information content (AvgIpc) is 2.39. The van der Waals surface area contributed by atoms with Crippen molar-refractivity contribution < 1.29 is 9.59 Å². The maximum absolute atomic E-state index is 12.2. The van der Waals surface area contributed by atoms with E-state index in [1.165, 1.54) is 0 Å². The molecule has 18 heavy (non-hydrogen) atoms. The Labute approximate surface area is 107 Å². The first-order chi connectivity index (χ1) is 8.62. The molecule has 1 heterocycles. The molecular formula is C14H18N2O2. The van der Waals surface area contributed by atoms with Crippen molar-refractivity contribution in [1.82, 2.24) is 9.97 Å². The minimum Gasteiger partial charge on any atom is -0.298 e. The summed E-state index contributed by atoms with van der Waals surface area (Å²) in [6.45, 7) is 4.09. The van der Waals surface area contributed by atoms with E-state index < -0.39 is 5.92 Å². The molecule has 4 nitrogen and oxygen atoms in total. The topological polar surface area (TPSA) is 59.9 Å². The summed E-state index contributed by atoms with van der Waals surface area (Å²) in [5.41, 5.74) is -0.139. The van der Waals surface area contributed by atoms with Crippen molar-refractivity contribution in [1.29, 1.82) is 0 Å². The summed E-state index contributed by atoms with van der Waals surface area (Å²) < 4.78 is 0. The van der Waals surface area contributed by atoms with Gasteiger partial charge in [-0.15, -0.1) is 0 Å². The normalized spacial score (nSPS) is 20.1. The lowest BCUT2D eigenvalue weighted by Gasteiger charge is -2.36. The highest BCUT2D eigenvalue weighted by molar-refractivity contribution is 6.09. The van der Waals surface area contributed by atoms with E-state index in [-0.39, 0.29) is 17.0 Å². The summed E-state index contributed by atoms with van der Waals surface area (Å²) in [5.74, 6) is -0.437. The van der Waals surface area contributed by atoms with Crippen LogP contribution in [0.5, 0.6) is 0 Å². The van der Waals surface area contributed by atoms with Gasteiger partial charge in [-0.3, -0.25) is 9.59 Å². The van der Waals surface area contributed by atoms with Crippen LogP contribution in [0.4, 0.5) is 0 Å². The van der Waals surface area contributed by atoms with Gasteiger partial charge in [0.1, 0.15) is 11.7 Å². The van der Waals surface area contributed by atoms with E-state index >= 15 is 0 Å². The van der Waals surface area contributed by atoms with E-state index in [0.717, 1.165) is 12.8 Å². The standard InChI is InChI=1S/C14H18N2O2/c1-3-14(4-2)8-10(17)12(11(18)9-14)13-15-6-5-7-16-13/h5-7,12H,3-4,8-9H2,1-2H3. The van der Waals surface area contributed by atoms with Crippen LogP contribution in [0.1, 0.15) is 51.3 Å². The molecule has 1 aliphatic carbocycles. The molecule has 0 spiro atoms. The quantitative estimate of drug-likeness (QED) is 0.768. The predicted octanol–water partition coefficient (Wildman–Crippen LogP) is 2.30. The van der Waals surface area contributed by atoms with Crippen LogP contribution in [0.2, 0.25) is 0 Å². The van der Waals surface area contributed by atoms with E-state index in [2.05, 4.69) is 9.97 Å². The van der Waals surface area contributed by atoms with Crippen molar-refractivity contribution in [2.24, 2.45) is 5.41 Å². The molecule has 0 aliphatic heterocycles. The minimum atomic E-state index is -0.738. The number of Topliss-reactive ketones (excluding diaryl/α,β-unsaturated/α-hetero) is 2. The van der Waals surface area contributed by atoms with Crippen LogP contribution in [0.25, 0.3) is 0 Å². The Hall–Kier alpha value is -1.58. The van der Waals surface area contributed by atoms with Crippen molar-refractivity contribution in [3.05, 3.63) is 24.3 Å². The van der Waals surface area contributed by atoms with Gasteiger partial charge in [0.15, 0.2) is 11.6 Å². The van der Waals surface area contributed by atoms with Crippen LogP contribution in [0.15, 0.2) is 18.5 Å². The van der Waals surface area contributed by atoms with Crippen LogP contribution < -0.4 is 0 Å². The number of hydrogen-bond donors (Lipinski definition) is 0. The first-order valence-corrected chi connectivity index (χ1v) is 6.44. The molecule has 2 rings (SSSR count). The van der Waals surface area contributed by atoms with Crippen LogP contribution in [-0.4, -0.2) is 21.5 Å². The van der Waals surface area contributed by atoms with Crippen LogP contribution in [0, 0.1) is 5.41 Å². The Morgan fingerprint density at radius 2 is 1.61 bits per heavy atom. The van der Waals surface area contributed by atoms with Crippen molar-refractivity contribution in [3.8, 4) is 0 Å². The molecule has 0 unspecified atom stereocenters. The summed E-state index contributed by atoms with van der Waals surface area (Å²) in [5, 5.41) is 0. The number of nitrogens with zero attached hydrogens (tertiary/aromatic N) is 2. The highest BCUT2D eigenvalue weighted by Gasteiger charge is 2.44. The Morgan fingerprint density at radius 1 is 1.11 bits per heavy atom. The molecule has 0 radical (unpaired) electrons. The Bertz CT molecular complexity index is 432. The number of carbonyl (C=O) groups excluding carboxylic acids is 2. The van der Waals surface area contributed by atoms with Gasteiger partial charge in [0.2, 0.25) is 0 Å². The number of ketones is 2. The lowest BCUT2D eigenvalue weighted by molar-refractivity contribution is -0.137. The summed E-state index contributed by atoms with van der Waals surface area (Å²) in [4.78, 5) is 32.6. The summed E-state index contributed by atoms with van der Waals surface area (Å²) in [6, 6.07) is 1.68. The second kappa shape index (κ2) is 4.96. The maximum Gasteiger partial charge on any atom is 0.151 e. The first kappa shape index (κ1) is 12.9. The SMILES string of the molecule is CCC1(CC)CC(=O)C(c2ncccn2)C(=O)C1. The molecule has 1 aromatic heterocycles. The van der Waals surface area contributed by atoms with Gasteiger partial charge in [-0.2, -0.15) is 0 Å². The molecule has 0 N–H and O–H groups in total. The van der Waals surface area contributed by atoms with Gasteiger partial charge in [0, 0.05) is 25.2 Å². The zero-order chi connectivity index (χ0) is 13.2. The van der Waals surface area contributed by atoms with E-state index in [9.17, 15) is 9.59 Å². The molecule has 1 aliphatic rings. The van der Waals surface area contributed by atoms with Gasteiger partial charge >= 0.3 is 0 Å². The van der Waals surface area contributed by atoms with Crippen molar-refractivity contribution in [2.75, 3.05) is 0 Å². The van der Waals surface area contributed by atoms with Crippen LogP contribution in [-0.2, 0) is 9.59 Å². The molecule has 96 valence electrons. The second-order valence-corrected chi connectivity index (χ2v) is 5.03. The van der Waals surface area contributed by atoms with Crippen molar-refractivity contribution >= 4 is 11.6 Å². The molecule has 1 aromatic rings. The fraction of sp³-hybridized carbons (Fsp3) is 0.571. The molecule has 0 aromatic carbocycles. The zero-order valence-corrected chi connectivity index (χ0v) is 10.8. The Kier molecular flexibility index (Phi) is 3.55. The van der Waals surface area contributed by atoms with E-state index in [1.54, 1.807) is 18.5 Å². The fourth-order valence-corrected chi connectivity index (χ4v) is 2.68. The zero-order valence-electron chi connectivity index (χ0n) is 10.8. The lowest BCUT2D eigenvalue weighted by Crippen LogP contribution is -2.39. The summed E-state index contributed by atoms with van der Waals surface area (Å²) in [7, 11) is 0. The third-order valence-corrected chi connectivity index (χ3v) is 4.09. The van der Waals surface area contributed by atoms with E-state index in [1.807, 2.05) is 13.8 Å². The third kappa shape index (κ3) is 2.19. The molecule has 0 atom stereocenters. The number of aromatic nitrogens is 2. The molecule has 0 amide bonds. The van der Waals surface area contributed by atoms with E-state index in [4.69, 9.17) is 0 Å². The van der Waals surface area contributed by atoms with Gasteiger partial charge in [-0.1, -0.05) is 13.8 Å². The predicted molar refractivity (Wildman–Crippen MR) is 67.0 cm³/mol. The number of rotatable bonds is 3. The highest BCUT2D eigenvalue weighted by Crippen LogP contribution is 2.42. The number of carbonyl (C=O) groups is 2. The lowest BCUT2D eigenvalue weighted by atomic mass is 9.66. The minimum absolute atomic E-state index is 0.0267. The molecule has 4 heteroatoms. The van der Waals surface area contributed by atoms with Crippen LogP contribution in [0.3, 0.4) is 0 Å². The van der Waals surface area contributed by atoms with Crippen molar-refractivity contribution in [2.45, 2.75) is 45.4 Å². The second-order valence-electron chi connectivity index (χ2n) is 5.03. The maximum atomic E-state index is 12.2. The largest absolute Gasteiger partial charge is 0.298 e. The molecule has 1 saturated carbocycles. The Morgan fingerprint density at radius 3 is 2.06 bits per heavy atom. The van der Waals surface area contributed by atoms with Crippen molar-refractivity contribution in [3.63, 3.8) is 0 Å². The van der Waals surface area contributed by atoms with Gasteiger partial charge in [-0.05, 0) is 24.3 Å². The van der Waals surface area contributed by atoms with Gasteiger partial charge in [0.05, 0.1) is 0 Å².